The zero-order valence-electron chi connectivity index (χ0n) is 26.5. The Morgan fingerprint density at radius 2 is 0.898 bits per heavy atom. The highest BCUT2D eigenvalue weighted by molar-refractivity contribution is 6.10. The van der Waals surface area contributed by atoms with Crippen LogP contribution < -0.4 is 0 Å². The topological polar surface area (TPSA) is 56.5 Å². The van der Waals surface area contributed by atoms with Crippen molar-refractivity contribution in [3.63, 3.8) is 0 Å². The standard InChI is InChI=1S/C44H29N5/c1-3-11-31(12-4-1)42-46-43(48-44(47-42)35-14-9-13-33(27-35)36-15-10-26-45-29-36)32-22-20-30(21-23-32)34-24-25-39-38-18-7-8-19-40(38)49(41(39)28-34)37-16-5-2-6-17-37/h1-29H. The molecule has 0 unspecified atom stereocenters. The summed E-state index contributed by atoms with van der Waals surface area (Å²) in [6.07, 6.45) is 3.65. The molecular formula is C44H29N5. The lowest BCUT2D eigenvalue weighted by molar-refractivity contribution is 1.07. The van der Waals surface area contributed by atoms with Crippen molar-refractivity contribution in [3.8, 4) is 62.1 Å². The summed E-state index contributed by atoms with van der Waals surface area (Å²) in [6, 6.07) is 56.8. The maximum Gasteiger partial charge on any atom is 0.164 e. The molecule has 0 saturated heterocycles. The first-order chi connectivity index (χ1) is 24.3. The molecule has 6 aromatic carbocycles. The summed E-state index contributed by atoms with van der Waals surface area (Å²) in [6.45, 7) is 0. The fraction of sp³-hybridized carbons (Fsp3) is 0. The van der Waals surface area contributed by atoms with E-state index in [9.17, 15) is 0 Å². The highest BCUT2D eigenvalue weighted by Crippen LogP contribution is 2.35. The van der Waals surface area contributed by atoms with E-state index in [4.69, 9.17) is 15.0 Å². The Morgan fingerprint density at radius 3 is 1.65 bits per heavy atom. The summed E-state index contributed by atoms with van der Waals surface area (Å²) < 4.78 is 2.35. The molecule has 9 aromatic rings. The fourth-order valence-corrected chi connectivity index (χ4v) is 6.54. The summed E-state index contributed by atoms with van der Waals surface area (Å²) in [7, 11) is 0. The Hall–Kier alpha value is -6.72. The Labute approximate surface area is 283 Å². The van der Waals surface area contributed by atoms with Gasteiger partial charge in [-0.3, -0.25) is 4.98 Å². The van der Waals surface area contributed by atoms with Gasteiger partial charge in [-0.15, -0.1) is 0 Å². The Balaban J connectivity index is 1.13. The molecule has 230 valence electrons. The highest BCUT2D eigenvalue weighted by Gasteiger charge is 2.15. The van der Waals surface area contributed by atoms with Gasteiger partial charge in [-0.05, 0) is 53.1 Å². The number of rotatable bonds is 6. The van der Waals surface area contributed by atoms with Gasteiger partial charge in [0.05, 0.1) is 11.0 Å². The smallest absolute Gasteiger partial charge is 0.164 e. The quantitative estimate of drug-likeness (QED) is 0.184. The molecule has 9 rings (SSSR count). The number of nitrogens with zero attached hydrogens (tertiary/aromatic N) is 5. The minimum Gasteiger partial charge on any atom is -0.309 e. The van der Waals surface area contributed by atoms with Crippen LogP contribution in [0, 0.1) is 0 Å². The predicted octanol–water partition coefficient (Wildman–Crippen LogP) is 10.7. The first-order valence-corrected chi connectivity index (χ1v) is 16.3. The maximum atomic E-state index is 5.01. The van der Waals surface area contributed by atoms with Crippen LogP contribution in [0.4, 0.5) is 0 Å². The zero-order valence-corrected chi connectivity index (χ0v) is 26.5. The molecule has 0 atom stereocenters. The number of hydrogen-bond donors (Lipinski definition) is 0. The molecule has 0 radical (unpaired) electrons. The van der Waals surface area contributed by atoms with Gasteiger partial charge in [0.25, 0.3) is 0 Å². The lowest BCUT2D eigenvalue weighted by Crippen LogP contribution is -2.00. The SMILES string of the molecule is c1ccc(-c2nc(-c3ccc(-c4ccc5c6ccccc6n(-c6ccccc6)c5c4)cc3)nc(-c3cccc(-c4cccnc4)c3)n2)cc1. The fourth-order valence-electron chi connectivity index (χ4n) is 6.54. The van der Waals surface area contributed by atoms with E-state index in [1.54, 1.807) is 6.20 Å². The monoisotopic (exact) mass is 627 g/mol. The maximum absolute atomic E-state index is 5.01. The van der Waals surface area contributed by atoms with E-state index in [-0.39, 0.29) is 0 Å². The Bertz CT molecular complexity index is 2580. The third kappa shape index (κ3) is 5.33. The van der Waals surface area contributed by atoms with Gasteiger partial charge in [0.1, 0.15) is 0 Å². The van der Waals surface area contributed by atoms with Gasteiger partial charge in [-0.25, -0.2) is 15.0 Å². The average Bonchev–Trinajstić information content (AvgIpc) is 3.52. The average molecular weight is 628 g/mol. The lowest BCUT2D eigenvalue weighted by Gasteiger charge is -2.11. The van der Waals surface area contributed by atoms with E-state index in [1.165, 1.54) is 21.8 Å². The second kappa shape index (κ2) is 12.1. The number of fused-ring (bicyclic) bond motifs is 3. The summed E-state index contributed by atoms with van der Waals surface area (Å²) in [5, 5.41) is 2.48. The van der Waals surface area contributed by atoms with Crippen LogP contribution >= 0.6 is 0 Å². The second-order valence-electron chi connectivity index (χ2n) is 12.0. The number of para-hydroxylation sites is 2. The number of benzene rings is 6. The van der Waals surface area contributed by atoms with Crippen molar-refractivity contribution in [2.45, 2.75) is 0 Å². The van der Waals surface area contributed by atoms with Gasteiger partial charge in [0, 0.05) is 51.1 Å². The van der Waals surface area contributed by atoms with Crippen LogP contribution in [-0.2, 0) is 0 Å². The van der Waals surface area contributed by atoms with Crippen molar-refractivity contribution in [1.29, 1.82) is 0 Å². The van der Waals surface area contributed by atoms with Crippen LogP contribution in [0.15, 0.2) is 176 Å². The molecule has 0 fully saturated rings. The van der Waals surface area contributed by atoms with Gasteiger partial charge >= 0.3 is 0 Å². The van der Waals surface area contributed by atoms with Crippen LogP contribution in [-0.4, -0.2) is 24.5 Å². The molecule has 5 heteroatoms. The van der Waals surface area contributed by atoms with Crippen LogP contribution in [0.2, 0.25) is 0 Å². The normalized spacial score (nSPS) is 11.3. The number of hydrogen-bond acceptors (Lipinski definition) is 4. The third-order valence-corrected chi connectivity index (χ3v) is 8.95. The first-order valence-electron chi connectivity index (χ1n) is 16.3. The second-order valence-corrected chi connectivity index (χ2v) is 12.0. The van der Waals surface area contributed by atoms with Gasteiger partial charge in [-0.2, -0.15) is 0 Å². The molecule has 49 heavy (non-hydrogen) atoms. The molecular weight excluding hydrogens is 599 g/mol. The molecule has 3 heterocycles. The first kappa shape index (κ1) is 28.5. The van der Waals surface area contributed by atoms with Gasteiger partial charge < -0.3 is 4.57 Å². The molecule has 0 spiro atoms. The Kier molecular flexibility index (Phi) is 7.06. The molecule has 0 aliphatic heterocycles. The minimum absolute atomic E-state index is 0.623. The predicted molar refractivity (Wildman–Crippen MR) is 199 cm³/mol. The zero-order chi connectivity index (χ0) is 32.6. The van der Waals surface area contributed by atoms with E-state index in [1.807, 2.05) is 54.7 Å². The van der Waals surface area contributed by atoms with Crippen LogP contribution in [0.3, 0.4) is 0 Å². The van der Waals surface area contributed by atoms with E-state index < -0.39 is 0 Å². The van der Waals surface area contributed by atoms with Gasteiger partial charge in [0.2, 0.25) is 0 Å². The van der Waals surface area contributed by atoms with E-state index >= 15 is 0 Å². The molecule has 0 aliphatic carbocycles. The number of pyridine rings is 1. The molecule has 0 N–H and O–H groups in total. The van der Waals surface area contributed by atoms with Crippen molar-refractivity contribution < 1.29 is 0 Å². The lowest BCUT2D eigenvalue weighted by atomic mass is 10.0. The molecule has 0 bridgehead atoms. The van der Waals surface area contributed by atoms with Crippen molar-refractivity contribution in [1.82, 2.24) is 24.5 Å². The van der Waals surface area contributed by atoms with Crippen LogP contribution in [0.5, 0.6) is 0 Å². The summed E-state index contributed by atoms with van der Waals surface area (Å²) in [5.41, 5.74) is 10.7. The molecule has 3 aromatic heterocycles. The third-order valence-electron chi connectivity index (χ3n) is 8.95. The van der Waals surface area contributed by atoms with E-state index in [2.05, 4.69) is 125 Å². The summed E-state index contributed by atoms with van der Waals surface area (Å²) >= 11 is 0. The van der Waals surface area contributed by atoms with E-state index in [0.717, 1.165) is 44.6 Å². The van der Waals surface area contributed by atoms with Crippen LogP contribution in [0.25, 0.3) is 83.9 Å². The van der Waals surface area contributed by atoms with Crippen molar-refractivity contribution in [3.05, 3.63) is 176 Å². The van der Waals surface area contributed by atoms with Gasteiger partial charge in [-0.1, -0.05) is 127 Å². The van der Waals surface area contributed by atoms with Crippen molar-refractivity contribution >= 4 is 21.8 Å². The molecule has 0 aliphatic rings. The molecule has 5 nitrogen and oxygen atoms in total. The largest absolute Gasteiger partial charge is 0.309 e. The van der Waals surface area contributed by atoms with Crippen molar-refractivity contribution in [2.75, 3.05) is 0 Å². The molecule has 0 saturated carbocycles. The highest BCUT2D eigenvalue weighted by atomic mass is 15.0. The van der Waals surface area contributed by atoms with Gasteiger partial charge in [0.15, 0.2) is 17.5 Å². The summed E-state index contributed by atoms with van der Waals surface area (Å²) in [5.74, 6) is 1.88. The minimum atomic E-state index is 0.623. The summed E-state index contributed by atoms with van der Waals surface area (Å²) in [4.78, 5) is 19.2. The van der Waals surface area contributed by atoms with E-state index in [0.29, 0.717) is 17.5 Å². The Morgan fingerprint density at radius 1 is 0.347 bits per heavy atom. The number of aromatic nitrogens is 5. The van der Waals surface area contributed by atoms with Crippen LogP contribution in [0.1, 0.15) is 0 Å². The molecule has 0 amide bonds. The van der Waals surface area contributed by atoms with Crippen molar-refractivity contribution in [2.24, 2.45) is 0 Å².